The van der Waals surface area contributed by atoms with Gasteiger partial charge in [0.25, 0.3) is 0 Å². The molecule has 0 aliphatic rings. The summed E-state index contributed by atoms with van der Waals surface area (Å²) >= 11 is 0. The second-order valence-electron chi connectivity index (χ2n) is 5.49. The van der Waals surface area contributed by atoms with Crippen LogP contribution in [0.3, 0.4) is 0 Å². The molecule has 0 bridgehead atoms. The lowest BCUT2D eigenvalue weighted by Gasteiger charge is -2.07. The Hall–Kier alpha value is -1.39. The number of hydrogen-bond donors (Lipinski definition) is 0. The summed E-state index contributed by atoms with van der Waals surface area (Å²) in [6, 6.07) is 8.96. The highest BCUT2D eigenvalue weighted by atomic mass is 16.6. The smallest absolute Gasteiger partial charge is 0.338 e. The maximum atomic E-state index is 11.6. The maximum Gasteiger partial charge on any atom is 0.338 e. The first-order valence-electron chi connectivity index (χ1n) is 8.72. The molecule has 0 unspecified atom stereocenters. The fourth-order valence-electron chi connectivity index (χ4n) is 2.16. The minimum Gasteiger partial charge on any atom is -0.460 e. The number of benzene rings is 1. The van der Waals surface area contributed by atoms with Crippen molar-refractivity contribution in [3.63, 3.8) is 0 Å². The number of carbonyl (C=O) groups is 1. The molecule has 1 aromatic rings. The molecule has 0 saturated carbocycles. The molecule has 0 aliphatic carbocycles. The zero-order valence-corrected chi connectivity index (χ0v) is 14.3. The average molecular weight is 322 g/mol. The second-order valence-corrected chi connectivity index (χ2v) is 5.49. The molecule has 0 aliphatic heterocycles. The van der Waals surface area contributed by atoms with Crippen molar-refractivity contribution in [2.24, 2.45) is 0 Å². The highest BCUT2D eigenvalue weighted by Gasteiger charge is 2.04. The largest absolute Gasteiger partial charge is 0.460 e. The van der Waals surface area contributed by atoms with Crippen LogP contribution in [0.25, 0.3) is 0 Å². The SMILES string of the molecule is CCCCCCCCOCCOCCOC(=O)c1ccccc1. The number of hydrogen-bond acceptors (Lipinski definition) is 4. The third kappa shape index (κ3) is 10.9. The van der Waals surface area contributed by atoms with E-state index in [-0.39, 0.29) is 12.6 Å². The zero-order chi connectivity index (χ0) is 16.6. The van der Waals surface area contributed by atoms with Crippen LogP contribution in [0.5, 0.6) is 0 Å². The molecule has 0 aromatic heterocycles. The minimum absolute atomic E-state index is 0.269. The second kappa shape index (κ2) is 14.2. The lowest BCUT2D eigenvalue weighted by atomic mass is 10.1. The van der Waals surface area contributed by atoms with Crippen LogP contribution in [0.4, 0.5) is 0 Å². The molecule has 4 heteroatoms. The van der Waals surface area contributed by atoms with E-state index in [2.05, 4.69) is 6.92 Å². The molecule has 0 amide bonds. The number of rotatable bonds is 14. The zero-order valence-electron chi connectivity index (χ0n) is 14.3. The number of esters is 1. The molecule has 0 fully saturated rings. The average Bonchev–Trinajstić information content (AvgIpc) is 2.59. The molecular formula is C19H30O4. The molecule has 0 spiro atoms. The first-order valence-corrected chi connectivity index (χ1v) is 8.72. The summed E-state index contributed by atoms with van der Waals surface area (Å²) in [7, 11) is 0. The lowest BCUT2D eigenvalue weighted by Crippen LogP contribution is -2.13. The van der Waals surface area contributed by atoms with Crippen molar-refractivity contribution in [3.8, 4) is 0 Å². The third-order valence-electron chi connectivity index (χ3n) is 3.48. The van der Waals surface area contributed by atoms with Gasteiger partial charge >= 0.3 is 5.97 Å². The first kappa shape index (κ1) is 19.7. The minimum atomic E-state index is -0.312. The van der Waals surface area contributed by atoms with Crippen LogP contribution in [0.15, 0.2) is 30.3 Å². The Morgan fingerprint density at radius 1 is 0.783 bits per heavy atom. The molecular weight excluding hydrogens is 292 g/mol. The van der Waals surface area contributed by atoms with Crippen LogP contribution in [-0.4, -0.2) is 39.0 Å². The lowest BCUT2D eigenvalue weighted by molar-refractivity contribution is 0.0141. The Morgan fingerprint density at radius 3 is 2.13 bits per heavy atom. The van der Waals surface area contributed by atoms with E-state index in [4.69, 9.17) is 14.2 Å². The van der Waals surface area contributed by atoms with Crippen molar-refractivity contribution >= 4 is 5.97 Å². The monoisotopic (exact) mass is 322 g/mol. The Kier molecular flexibility index (Phi) is 12.2. The van der Waals surface area contributed by atoms with E-state index in [0.717, 1.165) is 13.0 Å². The van der Waals surface area contributed by atoms with E-state index in [1.807, 2.05) is 18.2 Å². The van der Waals surface area contributed by atoms with E-state index >= 15 is 0 Å². The van der Waals surface area contributed by atoms with Gasteiger partial charge in [-0.1, -0.05) is 57.2 Å². The van der Waals surface area contributed by atoms with Gasteiger partial charge in [-0.3, -0.25) is 0 Å². The van der Waals surface area contributed by atoms with Gasteiger partial charge in [0.05, 0.1) is 25.4 Å². The summed E-state index contributed by atoms with van der Waals surface area (Å²) in [4.78, 5) is 11.6. The molecule has 130 valence electrons. The van der Waals surface area contributed by atoms with E-state index in [0.29, 0.717) is 25.4 Å². The van der Waals surface area contributed by atoms with Crippen molar-refractivity contribution in [1.29, 1.82) is 0 Å². The highest BCUT2D eigenvalue weighted by Crippen LogP contribution is 2.04. The Balaban J connectivity index is 1.82. The van der Waals surface area contributed by atoms with Crippen LogP contribution in [0, 0.1) is 0 Å². The van der Waals surface area contributed by atoms with Crippen LogP contribution >= 0.6 is 0 Å². The van der Waals surface area contributed by atoms with E-state index < -0.39 is 0 Å². The first-order chi connectivity index (χ1) is 11.3. The predicted octanol–water partition coefficient (Wildman–Crippen LogP) is 4.24. The molecule has 23 heavy (non-hydrogen) atoms. The Bertz CT molecular complexity index is 392. The summed E-state index contributed by atoms with van der Waals surface area (Å²) < 4.78 is 16.0. The van der Waals surface area contributed by atoms with Crippen molar-refractivity contribution in [2.75, 3.05) is 33.0 Å². The fraction of sp³-hybridized carbons (Fsp3) is 0.632. The fourth-order valence-corrected chi connectivity index (χ4v) is 2.16. The van der Waals surface area contributed by atoms with Gasteiger partial charge < -0.3 is 14.2 Å². The Morgan fingerprint density at radius 2 is 1.39 bits per heavy atom. The maximum absolute atomic E-state index is 11.6. The standard InChI is InChI=1S/C19H30O4/c1-2-3-4-5-6-10-13-21-14-15-22-16-17-23-19(20)18-11-8-7-9-12-18/h7-9,11-12H,2-6,10,13-17H2,1H3. The van der Waals surface area contributed by atoms with Gasteiger partial charge in [-0.25, -0.2) is 4.79 Å². The van der Waals surface area contributed by atoms with Crippen LogP contribution < -0.4 is 0 Å². The highest BCUT2D eigenvalue weighted by molar-refractivity contribution is 5.89. The van der Waals surface area contributed by atoms with Crippen LogP contribution in [0.2, 0.25) is 0 Å². The van der Waals surface area contributed by atoms with Gasteiger partial charge in [-0.15, -0.1) is 0 Å². The molecule has 0 N–H and O–H groups in total. The number of ether oxygens (including phenoxy) is 3. The molecule has 1 aromatic carbocycles. The van der Waals surface area contributed by atoms with Crippen molar-refractivity contribution in [1.82, 2.24) is 0 Å². The molecule has 1 rings (SSSR count). The number of unbranched alkanes of at least 4 members (excludes halogenated alkanes) is 5. The van der Waals surface area contributed by atoms with Gasteiger partial charge in [-0.2, -0.15) is 0 Å². The third-order valence-corrected chi connectivity index (χ3v) is 3.48. The topological polar surface area (TPSA) is 44.8 Å². The molecule has 4 nitrogen and oxygen atoms in total. The Labute approximate surface area is 140 Å². The van der Waals surface area contributed by atoms with Crippen LogP contribution in [0.1, 0.15) is 55.8 Å². The van der Waals surface area contributed by atoms with E-state index in [9.17, 15) is 4.79 Å². The normalized spacial score (nSPS) is 10.7. The summed E-state index contributed by atoms with van der Waals surface area (Å²) in [5.41, 5.74) is 0.565. The van der Waals surface area contributed by atoms with E-state index in [1.54, 1.807) is 12.1 Å². The van der Waals surface area contributed by atoms with Gasteiger partial charge in [0.2, 0.25) is 0 Å². The molecule has 0 radical (unpaired) electrons. The quantitative estimate of drug-likeness (QED) is 0.380. The molecule has 0 saturated heterocycles. The summed E-state index contributed by atoms with van der Waals surface area (Å²) in [5.74, 6) is -0.312. The van der Waals surface area contributed by atoms with Crippen molar-refractivity contribution in [3.05, 3.63) is 35.9 Å². The summed E-state index contributed by atoms with van der Waals surface area (Å²) in [6.45, 7) is 4.84. The molecule has 0 heterocycles. The van der Waals surface area contributed by atoms with E-state index in [1.165, 1.54) is 32.1 Å². The van der Waals surface area contributed by atoms with Crippen molar-refractivity contribution in [2.45, 2.75) is 45.4 Å². The summed E-state index contributed by atoms with van der Waals surface area (Å²) in [6.07, 6.45) is 7.63. The summed E-state index contributed by atoms with van der Waals surface area (Å²) in [5, 5.41) is 0. The van der Waals surface area contributed by atoms with Crippen LogP contribution in [-0.2, 0) is 14.2 Å². The van der Waals surface area contributed by atoms with Crippen molar-refractivity contribution < 1.29 is 19.0 Å². The van der Waals surface area contributed by atoms with Gasteiger partial charge in [-0.05, 0) is 18.6 Å². The molecule has 0 atom stereocenters. The predicted molar refractivity (Wildman–Crippen MR) is 91.7 cm³/mol. The van der Waals surface area contributed by atoms with Gasteiger partial charge in [0, 0.05) is 6.61 Å². The van der Waals surface area contributed by atoms with Gasteiger partial charge in [0.1, 0.15) is 6.61 Å². The number of carbonyl (C=O) groups excluding carboxylic acids is 1. The van der Waals surface area contributed by atoms with Gasteiger partial charge in [0.15, 0.2) is 0 Å².